The standard InChI is InChI=1S/C60H96O6/c1-4-7-10-13-16-19-22-25-27-29-30-31-33-35-38-41-44-47-50-53-59(62)65-56-57(55-64-58(61)52-49-46-43-40-37-34-24-21-18-15-12-9-6-3)66-60(63)54-51-48-45-42-39-36-32-28-26-23-20-17-14-11-8-5-2/h7,10,13,16,19,22,25,27-35,37-38,43,46,57H,4-6,8-9,11-12,14-15,17-18,20-21,23-24,26,36,39-42,44-45,47-56H2,1-3H3/b10-7+,16-13+,22-19+,27-25+,30-29+,32-28+,33-31+,37-34+,38-35+,46-43+. The van der Waals surface area contributed by atoms with Crippen LogP contribution in [0.1, 0.15) is 220 Å². The van der Waals surface area contributed by atoms with Crippen molar-refractivity contribution in [2.24, 2.45) is 0 Å². The van der Waals surface area contributed by atoms with Gasteiger partial charge in [-0.2, -0.15) is 0 Å². The first-order valence-corrected chi connectivity index (χ1v) is 26.6. The second-order valence-electron chi connectivity index (χ2n) is 17.2. The minimum atomic E-state index is -0.827. The van der Waals surface area contributed by atoms with Crippen molar-refractivity contribution in [1.29, 1.82) is 0 Å². The summed E-state index contributed by atoms with van der Waals surface area (Å²) in [5.41, 5.74) is 0. The molecule has 0 aliphatic rings. The molecule has 0 saturated heterocycles. The van der Waals surface area contributed by atoms with Crippen LogP contribution in [0.3, 0.4) is 0 Å². The smallest absolute Gasteiger partial charge is 0.306 e. The van der Waals surface area contributed by atoms with Crippen LogP contribution in [0.2, 0.25) is 0 Å². The Morgan fingerprint density at radius 2 is 0.682 bits per heavy atom. The molecule has 0 saturated carbocycles. The van der Waals surface area contributed by atoms with Gasteiger partial charge in [-0.05, 0) is 83.5 Å². The van der Waals surface area contributed by atoms with E-state index in [0.29, 0.717) is 25.7 Å². The van der Waals surface area contributed by atoms with E-state index in [-0.39, 0.29) is 37.5 Å². The normalized spacial score (nSPS) is 13.1. The molecule has 0 aliphatic carbocycles. The van der Waals surface area contributed by atoms with Gasteiger partial charge < -0.3 is 14.2 Å². The van der Waals surface area contributed by atoms with Gasteiger partial charge in [0.15, 0.2) is 6.10 Å². The average molecular weight is 913 g/mol. The van der Waals surface area contributed by atoms with Gasteiger partial charge in [-0.25, -0.2) is 0 Å². The van der Waals surface area contributed by atoms with Gasteiger partial charge in [0.2, 0.25) is 0 Å². The highest BCUT2D eigenvalue weighted by Gasteiger charge is 2.19. The molecule has 0 aromatic carbocycles. The van der Waals surface area contributed by atoms with Crippen molar-refractivity contribution in [2.45, 2.75) is 226 Å². The lowest BCUT2D eigenvalue weighted by atomic mass is 10.1. The Morgan fingerprint density at radius 3 is 1.17 bits per heavy atom. The molecule has 0 bridgehead atoms. The highest BCUT2D eigenvalue weighted by molar-refractivity contribution is 5.71. The predicted molar refractivity (Wildman–Crippen MR) is 283 cm³/mol. The Kier molecular flexibility index (Phi) is 50.0. The molecule has 1 unspecified atom stereocenters. The molecule has 66 heavy (non-hydrogen) atoms. The van der Waals surface area contributed by atoms with E-state index in [4.69, 9.17) is 14.2 Å². The van der Waals surface area contributed by atoms with Gasteiger partial charge in [0.25, 0.3) is 0 Å². The predicted octanol–water partition coefficient (Wildman–Crippen LogP) is 17.7. The summed E-state index contributed by atoms with van der Waals surface area (Å²) in [7, 11) is 0. The second-order valence-corrected chi connectivity index (χ2v) is 17.2. The first-order valence-electron chi connectivity index (χ1n) is 26.6. The zero-order chi connectivity index (χ0) is 47.9. The van der Waals surface area contributed by atoms with E-state index in [1.165, 1.54) is 96.3 Å². The highest BCUT2D eigenvalue weighted by Crippen LogP contribution is 2.13. The molecule has 0 fully saturated rings. The first kappa shape index (κ1) is 61.8. The Morgan fingerprint density at radius 1 is 0.333 bits per heavy atom. The van der Waals surface area contributed by atoms with Crippen LogP contribution in [0, 0.1) is 0 Å². The molecule has 0 heterocycles. The van der Waals surface area contributed by atoms with Crippen molar-refractivity contribution in [3.63, 3.8) is 0 Å². The number of esters is 3. The maximum Gasteiger partial charge on any atom is 0.306 e. The fraction of sp³-hybridized carbons (Fsp3) is 0.617. The number of hydrogen-bond acceptors (Lipinski definition) is 6. The highest BCUT2D eigenvalue weighted by atomic mass is 16.6. The number of carbonyl (C=O) groups excluding carboxylic acids is 3. The lowest BCUT2D eigenvalue weighted by molar-refractivity contribution is -0.166. The maximum absolute atomic E-state index is 12.8. The van der Waals surface area contributed by atoms with Gasteiger partial charge >= 0.3 is 17.9 Å². The average Bonchev–Trinajstić information content (AvgIpc) is 3.31. The fourth-order valence-corrected chi connectivity index (χ4v) is 6.88. The van der Waals surface area contributed by atoms with E-state index < -0.39 is 6.10 Å². The molecule has 372 valence electrons. The molecule has 1 atom stereocenters. The van der Waals surface area contributed by atoms with E-state index in [2.05, 4.69) is 63.3 Å². The topological polar surface area (TPSA) is 78.9 Å². The summed E-state index contributed by atoms with van der Waals surface area (Å²) in [5, 5.41) is 0. The van der Waals surface area contributed by atoms with Crippen LogP contribution >= 0.6 is 0 Å². The third-order valence-corrected chi connectivity index (χ3v) is 10.9. The third kappa shape index (κ3) is 50.8. The molecule has 0 aromatic heterocycles. The van der Waals surface area contributed by atoms with Crippen molar-refractivity contribution in [3.8, 4) is 0 Å². The van der Waals surface area contributed by atoms with Gasteiger partial charge in [0.05, 0.1) is 0 Å². The lowest BCUT2D eigenvalue weighted by Crippen LogP contribution is -2.30. The van der Waals surface area contributed by atoms with E-state index in [0.717, 1.165) is 70.6 Å². The van der Waals surface area contributed by atoms with Gasteiger partial charge in [-0.1, -0.05) is 239 Å². The Labute approximate surface area is 405 Å². The van der Waals surface area contributed by atoms with E-state index in [1.807, 2.05) is 79.0 Å². The molecular weight excluding hydrogens is 817 g/mol. The summed E-state index contributed by atoms with van der Waals surface area (Å²) in [5.74, 6) is -1.05. The van der Waals surface area contributed by atoms with Crippen LogP contribution < -0.4 is 0 Å². The summed E-state index contributed by atoms with van der Waals surface area (Å²) in [6, 6.07) is 0. The van der Waals surface area contributed by atoms with Crippen molar-refractivity contribution < 1.29 is 28.6 Å². The molecule has 0 aromatic rings. The van der Waals surface area contributed by atoms with Crippen molar-refractivity contribution >= 4 is 17.9 Å². The van der Waals surface area contributed by atoms with Crippen molar-refractivity contribution in [3.05, 3.63) is 122 Å². The van der Waals surface area contributed by atoms with E-state index in [1.54, 1.807) is 0 Å². The minimum absolute atomic E-state index is 0.125. The molecule has 0 radical (unpaired) electrons. The number of ether oxygens (including phenoxy) is 3. The molecule has 0 N–H and O–H groups in total. The van der Waals surface area contributed by atoms with Gasteiger partial charge in [0.1, 0.15) is 13.2 Å². The van der Waals surface area contributed by atoms with Crippen LogP contribution in [-0.4, -0.2) is 37.2 Å². The Hall–Kier alpha value is -4.19. The monoisotopic (exact) mass is 913 g/mol. The summed E-state index contributed by atoms with van der Waals surface area (Å²) in [6.45, 7) is 6.37. The van der Waals surface area contributed by atoms with Crippen LogP contribution in [-0.2, 0) is 28.6 Å². The first-order chi connectivity index (χ1) is 32.5. The summed E-state index contributed by atoms with van der Waals surface area (Å²) in [6.07, 6.45) is 73.3. The largest absolute Gasteiger partial charge is 0.462 e. The third-order valence-electron chi connectivity index (χ3n) is 10.9. The lowest BCUT2D eigenvalue weighted by Gasteiger charge is -2.18. The number of unbranched alkanes of at least 4 members (excludes halogenated alkanes) is 21. The molecule has 0 spiro atoms. The minimum Gasteiger partial charge on any atom is -0.462 e. The molecule has 0 amide bonds. The number of hydrogen-bond donors (Lipinski definition) is 0. The number of rotatable bonds is 46. The molecule has 0 rings (SSSR count). The van der Waals surface area contributed by atoms with Crippen molar-refractivity contribution in [1.82, 2.24) is 0 Å². The number of allylic oxidation sites excluding steroid dienone is 20. The summed E-state index contributed by atoms with van der Waals surface area (Å²) < 4.78 is 16.7. The zero-order valence-corrected chi connectivity index (χ0v) is 42.4. The SMILES string of the molecule is CC/C=C/C=C/C=C/C=C/C=C/C=C/C=C/CCCCCC(=O)OCC(COC(=O)CC/C=C/C/C=C/CCCCCCCC)OC(=O)CCCCCCC/C=C/CCCCCCCCC. The van der Waals surface area contributed by atoms with Gasteiger partial charge in [0, 0.05) is 19.3 Å². The summed E-state index contributed by atoms with van der Waals surface area (Å²) >= 11 is 0. The summed E-state index contributed by atoms with van der Waals surface area (Å²) in [4.78, 5) is 38.0. The number of carbonyl (C=O) groups is 3. The van der Waals surface area contributed by atoms with E-state index in [9.17, 15) is 14.4 Å². The molecule has 6 heteroatoms. The maximum atomic E-state index is 12.8. The van der Waals surface area contributed by atoms with Crippen LogP contribution in [0.5, 0.6) is 0 Å². The zero-order valence-electron chi connectivity index (χ0n) is 42.4. The van der Waals surface area contributed by atoms with E-state index >= 15 is 0 Å². The van der Waals surface area contributed by atoms with Gasteiger partial charge in [-0.3, -0.25) is 14.4 Å². The fourth-order valence-electron chi connectivity index (χ4n) is 6.88. The quantitative estimate of drug-likeness (QED) is 0.0199. The van der Waals surface area contributed by atoms with Crippen molar-refractivity contribution in [2.75, 3.05) is 13.2 Å². The van der Waals surface area contributed by atoms with Crippen LogP contribution in [0.15, 0.2) is 122 Å². The van der Waals surface area contributed by atoms with Crippen LogP contribution in [0.25, 0.3) is 0 Å². The molecular formula is C60H96O6. The molecule has 0 aliphatic heterocycles. The second kappa shape index (κ2) is 53.4. The Bertz CT molecular complexity index is 1420. The van der Waals surface area contributed by atoms with Crippen LogP contribution in [0.4, 0.5) is 0 Å². The molecule has 6 nitrogen and oxygen atoms in total. The van der Waals surface area contributed by atoms with Gasteiger partial charge in [-0.15, -0.1) is 0 Å². The Balaban J connectivity index is 4.57.